The smallest absolute Gasteiger partial charge is 0.264 e. The van der Waals surface area contributed by atoms with Crippen molar-refractivity contribution >= 4 is 27.3 Å². The molecule has 0 spiro atoms. The van der Waals surface area contributed by atoms with Crippen LogP contribution < -0.4 is 14.4 Å². The van der Waals surface area contributed by atoms with Gasteiger partial charge in [0, 0.05) is 0 Å². The number of rotatable bonds is 7. The molecule has 0 heterocycles. The van der Waals surface area contributed by atoms with Gasteiger partial charge in [-0.05, 0) is 60.7 Å². The summed E-state index contributed by atoms with van der Waals surface area (Å²) in [5.74, 6) is -1.50. The van der Waals surface area contributed by atoms with Crippen molar-refractivity contribution in [3.8, 4) is 5.75 Å². The molecule has 156 valence electrons. The quantitative estimate of drug-likeness (QED) is 0.616. The van der Waals surface area contributed by atoms with E-state index in [0.717, 1.165) is 28.6 Å². The van der Waals surface area contributed by atoms with Crippen molar-refractivity contribution < 1.29 is 26.7 Å². The first-order valence-electron chi connectivity index (χ1n) is 8.78. The van der Waals surface area contributed by atoms with Crippen molar-refractivity contribution in [3.05, 3.63) is 84.4 Å². The fourth-order valence-corrected chi connectivity index (χ4v) is 4.10. The standard InChI is InChI=1S/C21H18F2N2O4S/c1-29-17-10-8-16(9-11-17)25(30(27,28)18-12-6-15(22)7-13-18)14-21(26)24-20-5-3-2-4-19(20)23/h2-13H,14H2,1H3,(H,24,26). The normalized spacial score (nSPS) is 11.0. The molecule has 0 bridgehead atoms. The molecule has 0 fully saturated rings. The van der Waals surface area contributed by atoms with E-state index in [0.29, 0.717) is 5.75 Å². The number of methoxy groups -OCH3 is 1. The summed E-state index contributed by atoms with van der Waals surface area (Å²) in [7, 11) is -2.75. The predicted molar refractivity (Wildman–Crippen MR) is 109 cm³/mol. The summed E-state index contributed by atoms with van der Waals surface area (Å²) in [6.45, 7) is -0.625. The van der Waals surface area contributed by atoms with Gasteiger partial charge in [0.15, 0.2) is 0 Å². The molecule has 0 aliphatic rings. The van der Waals surface area contributed by atoms with Gasteiger partial charge in [-0.1, -0.05) is 12.1 Å². The first-order chi connectivity index (χ1) is 14.3. The first-order valence-corrected chi connectivity index (χ1v) is 10.2. The molecule has 0 saturated heterocycles. The average Bonchev–Trinajstić information content (AvgIpc) is 2.74. The third kappa shape index (κ3) is 4.74. The van der Waals surface area contributed by atoms with Gasteiger partial charge >= 0.3 is 0 Å². The van der Waals surface area contributed by atoms with Crippen LogP contribution in [0.5, 0.6) is 5.75 Å². The number of nitrogens with zero attached hydrogens (tertiary/aromatic N) is 1. The van der Waals surface area contributed by atoms with E-state index in [1.165, 1.54) is 55.6 Å². The van der Waals surface area contributed by atoms with E-state index < -0.39 is 34.1 Å². The Kier molecular flexibility index (Phi) is 6.31. The summed E-state index contributed by atoms with van der Waals surface area (Å²) in [4.78, 5) is 12.3. The van der Waals surface area contributed by atoms with E-state index in [1.54, 1.807) is 0 Å². The SMILES string of the molecule is COc1ccc(N(CC(=O)Nc2ccccc2F)S(=O)(=O)c2ccc(F)cc2)cc1. The van der Waals surface area contributed by atoms with Gasteiger partial charge in [-0.25, -0.2) is 17.2 Å². The van der Waals surface area contributed by atoms with Crippen LogP contribution in [0, 0.1) is 11.6 Å². The van der Waals surface area contributed by atoms with Gasteiger partial charge in [0.25, 0.3) is 10.0 Å². The molecule has 0 aliphatic carbocycles. The molecule has 0 radical (unpaired) electrons. The number of carbonyl (C=O) groups is 1. The minimum absolute atomic E-state index is 0.0728. The molecule has 1 N–H and O–H groups in total. The van der Waals surface area contributed by atoms with Crippen LogP contribution in [0.15, 0.2) is 77.7 Å². The van der Waals surface area contributed by atoms with Gasteiger partial charge < -0.3 is 10.1 Å². The lowest BCUT2D eigenvalue weighted by atomic mass is 10.3. The molecule has 0 aliphatic heterocycles. The number of hydrogen-bond donors (Lipinski definition) is 1. The van der Waals surface area contributed by atoms with Crippen LogP contribution in [0.1, 0.15) is 0 Å². The Labute approximate surface area is 172 Å². The summed E-state index contributed by atoms with van der Waals surface area (Å²) in [6, 6.07) is 15.8. The highest BCUT2D eigenvalue weighted by molar-refractivity contribution is 7.92. The lowest BCUT2D eigenvalue weighted by Crippen LogP contribution is -2.38. The molecule has 0 atom stereocenters. The van der Waals surface area contributed by atoms with Crippen LogP contribution in [0.25, 0.3) is 0 Å². The summed E-state index contributed by atoms with van der Waals surface area (Å²) in [6.07, 6.45) is 0. The average molecular weight is 432 g/mol. The third-order valence-corrected chi connectivity index (χ3v) is 5.99. The summed E-state index contributed by atoms with van der Waals surface area (Å²) in [5.41, 5.74) is 0.111. The molecular weight excluding hydrogens is 414 g/mol. The van der Waals surface area contributed by atoms with Crippen LogP contribution in [0.4, 0.5) is 20.2 Å². The number of sulfonamides is 1. The first kappa shape index (κ1) is 21.3. The number of para-hydroxylation sites is 1. The minimum atomic E-state index is -4.22. The molecular formula is C21H18F2N2O4S. The molecule has 9 heteroatoms. The molecule has 0 aromatic heterocycles. The lowest BCUT2D eigenvalue weighted by molar-refractivity contribution is -0.114. The maximum Gasteiger partial charge on any atom is 0.264 e. The number of hydrogen-bond acceptors (Lipinski definition) is 4. The van der Waals surface area contributed by atoms with Crippen LogP contribution >= 0.6 is 0 Å². The number of ether oxygens (including phenoxy) is 1. The van der Waals surface area contributed by atoms with E-state index in [1.807, 2.05) is 0 Å². The van der Waals surface area contributed by atoms with Crippen LogP contribution in [0.3, 0.4) is 0 Å². The highest BCUT2D eigenvalue weighted by Crippen LogP contribution is 2.26. The molecule has 30 heavy (non-hydrogen) atoms. The largest absolute Gasteiger partial charge is 0.497 e. The minimum Gasteiger partial charge on any atom is -0.497 e. The van der Waals surface area contributed by atoms with Crippen molar-refractivity contribution in [2.24, 2.45) is 0 Å². The lowest BCUT2D eigenvalue weighted by Gasteiger charge is -2.24. The second-order valence-electron chi connectivity index (χ2n) is 6.19. The highest BCUT2D eigenvalue weighted by Gasteiger charge is 2.27. The Balaban J connectivity index is 1.95. The number of nitrogens with one attached hydrogen (secondary N) is 1. The second kappa shape index (κ2) is 8.91. The van der Waals surface area contributed by atoms with Gasteiger partial charge in [0.1, 0.15) is 23.9 Å². The van der Waals surface area contributed by atoms with Gasteiger partial charge in [0.05, 0.1) is 23.4 Å². The van der Waals surface area contributed by atoms with E-state index in [4.69, 9.17) is 4.74 Å². The number of anilines is 2. The fourth-order valence-electron chi connectivity index (χ4n) is 2.68. The molecule has 0 saturated carbocycles. The highest BCUT2D eigenvalue weighted by atomic mass is 32.2. The summed E-state index contributed by atoms with van der Waals surface area (Å²) >= 11 is 0. The molecule has 0 unspecified atom stereocenters. The molecule has 3 aromatic carbocycles. The van der Waals surface area contributed by atoms with E-state index in [2.05, 4.69) is 5.32 Å². The summed E-state index contributed by atoms with van der Waals surface area (Å²) < 4.78 is 59.4. The maximum absolute atomic E-state index is 13.8. The van der Waals surface area contributed by atoms with Gasteiger partial charge in [0.2, 0.25) is 5.91 Å². The van der Waals surface area contributed by atoms with E-state index in [9.17, 15) is 22.0 Å². The van der Waals surface area contributed by atoms with Crippen molar-refractivity contribution in [2.75, 3.05) is 23.3 Å². The topological polar surface area (TPSA) is 75.7 Å². The van der Waals surface area contributed by atoms with Crippen molar-refractivity contribution in [3.63, 3.8) is 0 Å². The Hall–Kier alpha value is -3.46. The number of halogens is 2. The van der Waals surface area contributed by atoms with Gasteiger partial charge in [-0.15, -0.1) is 0 Å². The van der Waals surface area contributed by atoms with E-state index >= 15 is 0 Å². The Morgan fingerprint density at radius 3 is 2.20 bits per heavy atom. The van der Waals surface area contributed by atoms with Crippen LogP contribution in [-0.4, -0.2) is 28.0 Å². The van der Waals surface area contributed by atoms with E-state index in [-0.39, 0.29) is 16.3 Å². The molecule has 6 nitrogen and oxygen atoms in total. The number of amides is 1. The third-order valence-electron chi connectivity index (χ3n) is 4.20. The fraction of sp³-hybridized carbons (Fsp3) is 0.0952. The Bertz CT molecular complexity index is 1130. The second-order valence-corrected chi connectivity index (χ2v) is 8.05. The molecule has 1 amide bonds. The zero-order chi connectivity index (χ0) is 21.7. The molecule has 3 rings (SSSR count). The van der Waals surface area contributed by atoms with Crippen molar-refractivity contribution in [1.29, 1.82) is 0 Å². The Morgan fingerprint density at radius 1 is 0.967 bits per heavy atom. The number of carbonyl (C=O) groups excluding carboxylic acids is 1. The zero-order valence-corrected chi connectivity index (χ0v) is 16.7. The maximum atomic E-state index is 13.8. The molecule has 3 aromatic rings. The van der Waals surface area contributed by atoms with Crippen molar-refractivity contribution in [1.82, 2.24) is 0 Å². The van der Waals surface area contributed by atoms with Crippen LogP contribution in [0.2, 0.25) is 0 Å². The van der Waals surface area contributed by atoms with Crippen molar-refractivity contribution in [2.45, 2.75) is 4.90 Å². The zero-order valence-electron chi connectivity index (χ0n) is 15.9. The predicted octanol–water partition coefficient (Wildman–Crippen LogP) is 3.81. The summed E-state index contributed by atoms with van der Waals surface area (Å²) in [5, 5.41) is 2.36. The Morgan fingerprint density at radius 2 is 1.60 bits per heavy atom. The van der Waals surface area contributed by atoms with Gasteiger partial charge in [-0.3, -0.25) is 9.10 Å². The number of benzene rings is 3. The van der Waals surface area contributed by atoms with Gasteiger partial charge in [-0.2, -0.15) is 0 Å². The van der Waals surface area contributed by atoms with Crippen LogP contribution in [-0.2, 0) is 14.8 Å². The monoisotopic (exact) mass is 432 g/mol.